The van der Waals surface area contributed by atoms with Gasteiger partial charge in [-0.2, -0.15) is 0 Å². The molecular weight excluding hydrogens is 232 g/mol. The monoisotopic (exact) mass is 252 g/mol. The summed E-state index contributed by atoms with van der Waals surface area (Å²) in [5.41, 5.74) is 1.21. The molecule has 2 atom stereocenters. The van der Waals surface area contributed by atoms with Crippen molar-refractivity contribution in [2.24, 2.45) is 11.8 Å². The molecule has 5 heteroatoms. The normalized spacial score (nSPS) is 28.2. The second-order valence-corrected chi connectivity index (χ2v) is 5.37. The topological polar surface area (TPSA) is 60.9 Å². The van der Waals surface area contributed by atoms with E-state index in [4.69, 9.17) is 5.11 Å². The lowest BCUT2D eigenvalue weighted by molar-refractivity contribution is -0.142. The third kappa shape index (κ3) is 2.49. The molecule has 0 unspecified atom stereocenters. The Bertz CT molecular complexity index is 392. The van der Waals surface area contributed by atoms with E-state index in [0.717, 1.165) is 13.0 Å². The van der Waals surface area contributed by atoms with Crippen molar-refractivity contribution in [3.8, 4) is 0 Å². The van der Waals surface area contributed by atoms with Crippen molar-refractivity contribution in [2.75, 3.05) is 26.2 Å². The third-order valence-corrected chi connectivity index (χ3v) is 3.80. The molecule has 100 valence electrons. The number of urea groups is 1. The van der Waals surface area contributed by atoms with Crippen molar-refractivity contribution in [2.45, 2.75) is 20.3 Å². The minimum atomic E-state index is -0.799. The van der Waals surface area contributed by atoms with Gasteiger partial charge in [0.1, 0.15) is 0 Å². The number of likely N-dealkylation sites (tertiary alicyclic amines) is 1. The Hall–Kier alpha value is -1.52. The summed E-state index contributed by atoms with van der Waals surface area (Å²) in [6.45, 7) is 6.21. The van der Waals surface area contributed by atoms with Crippen molar-refractivity contribution < 1.29 is 14.7 Å². The van der Waals surface area contributed by atoms with Gasteiger partial charge in [-0.25, -0.2) is 4.79 Å². The molecule has 0 aromatic carbocycles. The molecule has 2 aliphatic rings. The van der Waals surface area contributed by atoms with Crippen molar-refractivity contribution >= 4 is 12.0 Å². The maximum absolute atomic E-state index is 12.3. The fourth-order valence-corrected chi connectivity index (χ4v) is 2.72. The molecule has 0 spiro atoms. The zero-order valence-electron chi connectivity index (χ0n) is 10.9. The number of carbonyl (C=O) groups is 2. The minimum absolute atomic E-state index is 0.0157. The number of hydrogen-bond acceptors (Lipinski definition) is 2. The van der Waals surface area contributed by atoms with Crippen LogP contribution in [-0.2, 0) is 4.79 Å². The van der Waals surface area contributed by atoms with Crippen molar-refractivity contribution in [1.82, 2.24) is 9.80 Å². The van der Waals surface area contributed by atoms with Gasteiger partial charge in [0.2, 0.25) is 0 Å². The molecule has 0 bridgehead atoms. The van der Waals surface area contributed by atoms with Crippen LogP contribution in [0.5, 0.6) is 0 Å². The predicted octanol–water partition coefficient (Wildman–Crippen LogP) is 1.41. The van der Waals surface area contributed by atoms with Gasteiger partial charge < -0.3 is 14.9 Å². The van der Waals surface area contributed by atoms with Gasteiger partial charge in [0.05, 0.1) is 5.92 Å². The van der Waals surface area contributed by atoms with Crippen LogP contribution >= 0.6 is 0 Å². The molecule has 0 aromatic heterocycles. The first kappa shape index (κ1) is 12.9. The van der Waals surface area contributed by atoms with Gasteiger partial charge >= 0.3 is 12.0 Å². The number of carbonyl (C=O) groups excluding carboxylic acids is 1. The molecule has 2 amide bonds. The highest BCUT2D eigenvalue weighted by atomic mass is 16.4. The van der Waals surface area contributed by atoms with E-state index < -0.39 is 11.9 Å². The van der Waals surface area contributed by atoms with E-state index in [1.807, 2.05) is 18.7 Å². The highest BCUT2D eigenvalue weighted by molar-refractivity contribution is 5.78. The fraction of sp³-hybridized carbons (Fsp3) is 0.692. The highest BCUT2D eigenvalue weighted by Gasteiger charge is 2.38. The van der Waals surface area contributed by atoms with Gasteiger partial charge in [-0.05, 0) is 19.3 Å². The lowest BCUT2D eigenvalue weighted by atomic mass is 9.99. The standard InChI is InChI=1S/C13H20N2O3/c1-9-4-3-5-14(6-9)13(18)15-7-10(2)11(8-15)12(16)17/h4,10-11H,3,5-8H2,1-2H3,(H,16,17)/t10-,11-/m1/s1. The van der Waals surface area contributed by atoms with Crippen LogP contribution in [-0.4, -0.2) is 53.1 Å². The van der Waals surface area contributed by atoms with Gasteiger partial charge in [0.25, 0.3) is 0 Å². The van der Waals surface area contributed by atoms with E-state index in [9.17, 15) is 9.59 Å². The van der Waals surface area contributed by atoms with Gasteiger partial charge in [0, 0.05) is 26.2 Å². The first-order valence-electron chi connectivity index (χ1n) is 6.41. The van der Waals surface area contributed by atoms with Gasteiger partial charge in [0.15, 0.2) is 0 Å². The molecule has 0 radical (unpaired) electrons. The summed E-state index contributed by atoms with van der Waals surface area (Å²) >= 11 is 0. The Morgan fingerprint density at radius 2 is 2.06 bits per heavy atom. The van der Waals surface area contributed by atoms with E-state index in [1.54, 1.807) is 4.90 Å². The van der Waals surface area contributed by atoms with Crippen LogP contribution in [0.25, 0.3) is 0 Å². The maximum Gasteiger partial charge on any atom is 0.320 e. The van der Waals surface area contributed by atoms with E-state index in [-0.39, 0.29) is 11.9 Å². The number of carboxylic acid groups (broad SMARTS) is 1. The lowest BCUT2D eigenvalue weighted by Crippen LogP contribution is -2.44. The number of nitrogens with zero attached hydrogens (tertiary/aromatic N) is 2. The molecular formula is C13H20N2O3. The smallest absolute Gasteiger partial charge is 0.320 e. The molecule has 2 heterocycles. The SMILES string of the molecule is CC1=CCCN(C(=O)N2C[C@@H](C)[C@H](C(=O)O)C2)C1. The first-order chi connectivity index (χ1) is 8.49. The van der Waals surface area contributed by atoms with Crippen molar-refractivity contribution in [3.63, 3.8) is 0 Å². The lowest BCUT2D eigenvalue weighted by Gasteiger charge is -2.30. The molecule has 0 aliphatic carbocycles. The Morgan fingerprint density at radius 1 is 1.33 bits per heavy atom. The van der Waals surface area contributed by atoms with Gasteiger partial charge in [-0.15, -0.1) is 0 Å². The summed E-state index contributed by atoms with van der Waals surface area (Å²) in [5, 5.41) is 9.07. The maximum atomic E-state index is 12.3. The average molecular weight is 252 g/mol. The first-order valence-corrected chi connectivity index (χ1v) is 6.41. The second-order valence-electron chi connectivity index (χ2n) is 5.37. The Kier molecular flexibility index (Phi) is 3.59. The number of amides is 2. The summed E-state index contributed by atoms with van der Waals surface area (Å²) < 4.78 is 0. The highest BCUT2D eigenvalue weighted by Crippen LogP contribution is 2.24. The summed E-state index contributed by atoms with van der Waals surface area (Å²) in [7, 11) is 0. The van der Waals surface area contributed by atoms with Crippen LogP contribution in [0.1, 0.15) is 20.3 Å². The summed E-state index contributed by atoms with van der Waals surface area (Å²) in [6.07, 6.45) is 3.04. The van der Waals surface area contributed by atoms with Crippen LogP contribution in [0, 0.1) is 11.8 Å². The zero-order valence-corrected chi connectivity index (χ0v) is 10.9. The Morgan fingerprint density at radius 3 is 2.61 bits per heavy atom. The molecule has 18 heavy (non-hydrogen) atoms. The number of rotatable bonds is 1. The van der Waals surface area contributed by atoms with Crippen LogP contribution in [0.15, 0.2) is 11.6 Å². The summed E-state index contributed by atoms with van der Waals surface area (Å²) in [5.74, 6) is -1.18. The van der Waals surface area contributed by atoms with Crippen LogP contribution in [0.2, 0.25) is 0 Å². The quantitative estimate of drug-likeness (QED) is 0.718. The Balaban J connectivity index is 1.99. The van der Waals surface area contributed by atoms with Crippen molar-refractivity contribution in [3.05, 3.63) is 11.6 Å². The molecule has 2 aliphatic heterocycles. The predicted molar refractivity (Wildman–Crippen MR) is 67.2 cm³/mol. The van der Waals surface area contributed by atoms with Crippen LogP contribution in [0.3, 0.4) is 0 Å². The van der Waals surface area contributed by atoms with Crippen molar-refractivity contribution in [1.29, 1.82) is 0 Å². The fourth-order valence-electron chi connectivity index (χ4n) is 2.72. The van der Waals surface area contributed by atoms with Crippen LogP contribution in [0.4, 0.5) is 4.79 Å². The Labute approximate surface area is 107 Å². The van der Waals surface area contributed by atoms with E-state index in [0.29, 0.717) is 19.6 Å². The molecule has 2 rings (SSSR count). The number of hydrogen-bond donors (Lipinski definition) is 1. The molecule has 1 saturated heterocycles. The number of carboxylic acids is 1. The van der Waals surface area contributed by atoms with Crippen LogP contribution < -0.4 is 0 Å². The van der Waals surface area contributed by atoms with E-state index in [1.165, 1.54) is 5.57 Å². The molecule has 0 saturated carbocycles. The zero-order chi connectivity index (χ0) is 13.3. The summed E-state index contributed by atoms with van der Waals surface area (Å²) in [4.78, 5) is 26.8. The van der Waals surface area contributed by atoms with Gasteiger partial charge in [-0.3, -0.25) is 4.79 Å². The number of aliphatic carboxylic acids is 1. The molecule has 1 fully saturated rings. The van der Waals surface area contributed by atoms with E-state index in [2.05, 4.69) is 6.08 Å². The largest absolute Gasteiger partial charge is 0.481 e. The molecule has 1 N–H and O–H groups in total. The van der Waals surface area contributed by atoms with E-state index >= 15 is 0 Å². The minimum Gasteiger partial charge on any atom is -0.481 e. The summed E-state index contributed by atoms with van der Waals surface area (Å²) in [6, 6.07) is -0.0157. The second kappa shape index (κ2) is 5.00. The molecule has 5 nitrogen and oxygen atoms in total. The average Bonchev–Trinajstić information content (AvgIpc) is 2.70. The third-order valence-electron chi connectivity index (χ3n) is 3.80. The van der Waals surface area contributed by atoms with Gasteiger partial charge in [-0.1, -0.05) is 18.6 Å². The molecule has 0 aromatic rings.